The van der Waals surface area contributed by atoms with Crippen LogP contribution in [0, 0.1) is 0 Å². The fourth-order valence-electron chi connectivity index (χ4n) is 2.49. The van der Waals surface area contributed by atoms with E-state index in [1.54, 1.807) is 0 Å². The smallest absolute Gasteiger partial charge is 0.305 e. The molecule has 0 aliphatic rings. The van der Waals surface area contributed by atoms with Gasteiger partial charge in [0.1, 0.15) is 11.5 Å². The lowest BCUT2D eigenvalue weighted by atomic mass is 9.79. The Morgan fingerprint density at radius 3 is 2.41 bits per heavy atom. The third kappa shape index (κ3) is 5.24. The molecule has 0 aromatic heterocycles. The maximum atomic E-state index is 11.3. The van der Waals surface area contributed by atoms with Crippen LogP contribution in [-0.4, -0.2) is 26.3 Å². The van der Waals surface area contributed by atoms with Gasteiger partial charge in [-0.3, -0.25) is 4.79 Å². The molecule has 4 heteroatoms. The molecule has 1 rings (SSSR count). The van der Waals surface area contributed by atoms with Gasteiger partial charge in [0, 0.05) is 12.0 Å². The third-order valence-corrected chi connectivity index (χ3v) is 3.70. The van der Waals surface area contributed by atoms with Gasteiger partial charge in [0.05, 0.1) is 20.3 Å². The molecular formula is C18H28O4. The second-order valence-corrected chi connectivity index (χ2v) is 5.84. The van der Waals surface area contributed by atoms with Crippen LogP contribution in [0.15, 0.2) is 18.2 Å². The molecule has 1 aromatic rings. The SMILES string of the molecule is CCOc1ccc(OCC)c(C(C)(C)CCCC(=O)OC)c1. The van der Waals surface area contributed by atoms with Gasteiger partial charge in [-0.1, -0.05) is 13.8 Å². The summed E-state index contributed by atoms with van der Waals surface area (Å²) in [5.74, 6) is 1.57. The number of methoxy groups -OCH3 is 1. The zero-order valence-corrected chi connectivity index (χ0v) is 14.4. The molecule has 0 saturated heterocycles. The summed E-state index contributed by atoms with van der Waals surface area (Å²) in [7, 11) is 1.42. The number of carbonyl (C=O) groups is 1. The lowest BCUT2D eigenvalue weighted by Gasteiger charge is -2.28. The van der Waals surface area contributed by atoms with Gasteiger partial charge in [-0.25, -0.2) is 0 Å². The Bertz CT molecular complexity index is 480. The molecule has 0 aliphatic carbocycles. The minimum atomic E-state index is -0.163. The van der Waals surface area contributed by atoms with Crippen molar-refractivity contribution in [1.82, 2.24) is 0 Å². The van der Waals surface area contributed by atoms with Crippen LogP contribution in [0.3, 0.4) is 0 Å². The van der Waals surface area contributed by atoms with Gasteiger partial charge >= 0.3 is 5.97 Å². The van der Waals surface area contributed by atoms with Gasteiger partial charge in [0.2, 0.25) is 0 Å². The number of rotatable bonds is 9. The number of esters is 1. The van der Waals surface area contributed by atoms with Crippen molar-refractivity contribution in [3.63, 3.8) is 0 Å². The third-order valence-electron chi connectivity index (χ3n) is 3.70. The van der Waals surface area contributed by atoms with Crippen molar-refractivity contribution in [3.8, 4) is 11.5 Å². The number of ether oxygens (including phenoxy) is 3. The Hall–Kier alpha value is -1.71. The minimum absolute atomic E-state index is 0.106. The molecule has 0 heterocycles. The largest absolute Gasteiger partial charge is 0.494 e. The Morgan fingerprint density at radius 2 is 1.82 bits per heavy atom. The molecule has 22 heavy (non-hydrogen) atoms. The number of carbonyl (C=O) groups excluding carboxylic acids is 1. The molecule has 0 saturated carbocycles. The summed E-state index contributed by atoms with van der Waals surface area (Å²) in [6.45, 7) is 9.53. The molecule has 0 fully saturated rings. The highest BCUT2D eigenvalue weighted by atomic mass is 16.5. The van der Waals surface area contributed by atoms with Crippen LogP contribution in [0.5, 0.6) is 11.5 Å². The zero-order chi connectivity index (χ0) is 16.6. The van der Waals surface area contributed by atoms with Crippen LogP contribution < -0.4 is 9.47 Å². The minimum Gasteiger partial charge on any atom is -0.494 e. The first kappa shape index (κ1) is 18.3. The van der Waals surface area contributed by atoms with Crippen LogP contribution in [0.2, 0.25) is 0 Å². The van der Waals surface area contributed by atoms with Gasteiger partial charge in [0.15, 0.2) is 0 Å². The van der Waals surface area contributed by atoms with Gasteiger partial charge < -0.3 is 14.2 Å². The normalized spacial score (nSPS) is 11.1. The fourth-order valence-corrected chi connectivity index (χ4v) is 2.49. The topological polar surface area (TPSA) is 44.8 Å². The molecule has 0 spiro atoms. The highest BCUT2D eigenvalue weighted by molar-refractivity contribution is 5.69. The summed E-state index contributed by atoms with van der Waals surface area (Å²) in [5.41, 5.74) is 1.01. The fraction of sp³-hybridized carbons (Fsp3) is 0.611. The first-order valence-electron chi connectivity index (χ1n) is 7.91. The highest BCUT2D eigenvalue weighted by Crippen LogP contribution is 2.38. The van der Waals surface area contributed by atoms with Crippen molar-refractivity contribution in [3.05, 3.63) is 23.8 Å². The summed E-state index contributed by atoms with van der Waals surface area (Å²) in [5, 5.41) is 0. The monoisotopic (exact) mass is 308 g/mol. The van der Waals surface area contributed by atoms with E-state index in [1.165, 1.54) is 7.11 Å². The van der Waals surface area contributed by atoms with E-state index in [-0.39, 0.29) is 11.4 Å². The standard InChI is InChI=1S/C18H28O4/c1-6-21-14-10-11-16(22-7-2)15(13-14)18(3,4)12-8-9-17(19)20-5/h10-11,13H,6-9,12H2,1-5H3. The van der Waals surface area contributed by atoms with E-state index in [1.807, 2.05) is 32.0 Å². The lowest BCUT2D eigenvalue weighted by Crippen LogP contribution is -2.19. The summed E-state index contributed by atoms with van der Waals surface area (Å²) in [6, 6.07) is 5.95. The molecule has 0 radical (unpaired) electrons. The lowest BCUT2D eigenvalue weighted by molar-refractivity contribution is -0.140. The maximum Gasteiger partial charge on any atom is 0.305 e. The second-order valence-electron chi connectivity index (χ2n) is 5.84. The predicted molar refractivity (Wildman–Crippen MR) is 87.7 cm³/mol. The Morgan fingerprint density at radius 1 is 1.14 bits per heavy atom. The van der Waals surface area contributed by atoms with E-state index in [4.69, 9.17) is 14.2 Å². The molecule has 4 nitrogen and oxygen atoms in total. The van der Waals surface area contributed by atoms with Crippen molar-refractivity contribution in [2.24, 2.45) is 0 Å². The van der Waals surface area contributed by atoms with E-state index in [0.29, 0.717) is 19.6 Å². The average Bonchev–Trinajstić information content (AvgIpc) is 2.48. The Kier molecular flexibility index (Phi) is 7.22. The number of benzene rings is 1. The van der Waals surface area contributed by atoms with Gasteiger partial charge in [0.25, 0.3) is 0 Å². The Balaban J connectivity index is 2.92. The van der Waals surface area contributed by atoms with Gasteiger partial charge in [-0.05, 0) is 50.3 Å². The predicted octanol–water partition coefficient (Wildman–Crippen LogP) is 4.10. The molecule has 0 unspecified atom stereocenters. The summed E-state index contributed by atoms with van der Waals surface area (Å²) in [6.07, 6.45) is 2.09. The van der Waals surface area contributed by atoms with E-state index < -0.39 is 0 Å². The van der Waals surface area contributed by atoms with Crippen LogP contribution in [-0.2, 0) is 14.9 Å². The molecule has 0 amide bonds. The molecule has 0 aliphatic heterocycles. The quantitative estimate of drug-likeness (QED) is 0.644. The van der Waals surface area contributed by atoms with E-state index >= 15 is 0 Å². The molecule has 124 valence electrons. The van der Waals surface area contributed by atoms with Gasteiger partial charge in [-0.15, -0.1) is 0 Å². The van der Waals surface area contributed by atoms with Crippen LogP contribution in [0.25, 0.3) is 0 Å². The van der Waals surface area contributed by atoms with E-state index in [9.17, 15) is 4.79 Å². The van der Waals surface area contributed by atoms with E-state index in [2.05, 4.69) is 13.8 Å². The Labute approximate surface area is 133 Å². The summed E-state index contributed by atoms with van der Waals surface area (Å²) < 4.78 is 16.1. The molecular weight excluding hydrogens is 280 g/mol. The number of hydrogen-bond donors (Lipinski definition) is 0. The molecule has 1 aromatic carbocycles. The highest BCUT2D eigenvalue weighted by Gasteiger charge is 2.25. The summed E-state index contributed by atoms with van der Waals surface area (Å²) in [4.78, 5) is 11.3. The van der Waals surface area contributed by atoms with Gasteiger partial charge in [-0.2, -0.15) is 0 Å². The van der Waals surface area contributed by atoms with Crippen molar-refractivity contribution in [2.75, 3.05) is 20.3 Å². The molecule has 0 bridgehead atoms. The van der Waals surface area contributed by atoms with Crippen molar-refractivity contribution >= 4 is 5.97 Å². The number of hydrogen-bond acceptors (Lipinski definition) is 4. The van der Waals surface area contributed by atoms with Crippen molar-refractivity contribution in [1.29, 1.82) is 0 Å². The summed E-state index contributed by atoms with van der Waals surface area (Å²) >= 11 is 0. The van der Waals surface area contributed by atoms with Crippen LogP contribution in [0.4, 0.5) is 0 Å². The van der Waals surface area contributed by atoms with Crippen LogP contribution >= 0.6 is 0 Å². The average molecular weight is 308 g/mol. The molecule has 0 atom stereocenters. The van der Waals surface area contributed by atoms with Crippen molar-refractivity contribution < 1.29 is 19.0 Å². The van der Waals surface area contributed by atoms with Crippen LogP contribution in [0.1, 0.15) is 52.5 Å². The second kappa shape index (κ2) is 8.66. The zero-order valence-electron chi connectivity index (χ0n) is 14.4. The maximum absolute atomic E-state index is 11.3. The van der Waals surface area contributed by atoms with E-state index in [0.717, 1.165) is 29.9 Å². The molecule has 0 N–H and O–H groups in total. The van der Waals surface area contributed by atoms with Crippen molar-refractivity contribution in [2.45, 2.75) is 52.4 Å². The first-order valence-corrected chi connectivity index (χ1v) is 7.91. The first-order chi connectivity index (χ1) is 10.4.